The molecule has 0 unspecified atom stereocenters. The lowest BCUT2D eigenvalue weighted by Crippen LogP contribution is -2.34. The molecule has 0 radical (unpaired) electrons. The zero-order chi connectivity index (χ0) is 8.10. The molecule has 0 saturated carbocycles. The quantitative estimate of drug-likeness (QED) is 0.613. The van der Waals surface area contributed by atoms with Crippen molar-refractivity contribution in [1.82, 2.24) is 4.90 Å². The minimum absolute atomic E-state index is 0.786. The number of hydrogen-bond acceptors (Lipinski definition) is 2. The van der Waals surface area contributed by atoms with Crippen LogP contribution in [-0.2, 0) is 4.74 Å². The summed E-state index contributed by atoms with van der Waals surface area (Å²) in [6.07, 6.45) is 2.69. The normalized spacial score (nSPS) is 27.3. The van der Waals surface area contributed by atoms with Crippen LogP contribution in [0.5, 0.6) is 0 Å². The van der Waals surface area contributed by atoms with Crippen molar-refractivity contribution < 1.29 is 4.74 Å². The molecule has 66 valence electrons. The Morgan fingerprint density at radius 3 is 3.00 bits per heavy atom. The summed E-state index contributed by atoms with van der Waals surface area (Å²) in [5.41, 5.74) is 0. The first-order valence-corrected chi connectivity index (χ1v) is 4.59. The van der Waals surface area contributed by atoms with Crippen LogP contribution >= 0.6 is 0 Å². The van der Waals surface area contributed by atoms with Gasteiger partial charge in [0, 0.05) is 13.2 Å². The molecule has 1 aliphatic rings. The van der Waals surface area contributed by atoms with Gasteiger partial charge in [-0.05, 0) is 39.3 Å². The van der Waals surface area contributed by atoms with Gasteiger partial charge in [-0.25, -0.2) is 0 Å². The van der Waals surface area contributed by atoms with Crippen LogP contribution in [0.1, 0.15) is 19.8 Å². The third-order valence-electron chi connectivity index (χ3n) is 2.28. The fourth-order valence-electron chi connectivity index (χ4n) is 1.69. The van der Waals surface area contributed by atoms with Gasteiger partial charge >= 0.3 is 0 Å². The van der Waals surface area contributed by atoms with E-state index in [4.69, 9.17) is 4.74 Å². The number of nitrogens with zero attached hydrogens (tertiary/aromatic N) is 1. The maximum Gasteiger partial charge on any atom is 0.0506 e. The van der Waals surface area contributed by atoms with E-state index in [1.807, 2.05) is 0 Å². The highest BCUT2D eigenvalue weighted by atomic mass is 16.5. The van der Waals surface area contributed by atoms with Gasteiger partial charge in [0.15, 0.2) is 0 Å². The highest BCUT2D eigenvalue weighted by Crippen LogP contribution is 2.14. The summed E-state index contributed by atoms with van der Waals surface area (Å²) in [6.45, 7) is 6.37. The molecular weight excluding hydrogens is 138 g/mol. The first-order chi connectivity index (χ1) is 5.33. The molecule has 2 nitrogen and oxygen atoms in total. The molecule has 1 heterocycles. The van der Waals surface area contributed by atoms with E-state index < -0.39 is 0 Å². The zero-order valence-electron chi connectivity index (χ0n) is 7.68. The lowest BCUT2D eigenvalue weighted by Gasteiger charge is -2.29. The minimum Gasteiger partial charge on any atom is -0.381 e. The van der Waals surface area contributed by atoms with Gasteiger partial charge in [0.1, 0.15) is 0 Å². The first-order valence-electron chi connectivity index (χ1n) is 4.59. The Balaban J connectivity index is 2.12. The van der Waals surface area contributed by atoms with Crippen molar-refractivity contribution in [3.05, 3.63) is 0 Å². The molecule has 1 atom stereocenters. The summed E-state index contributed by atoms with van der Waals surface area (Å²) in [5.74, 6) is 0.786. The van der Waals surface area contributed by atoms with E-state index in [2.05, 4.69) is 18.9 Å². The molecule has 0 N–H and O–H groups in total. The van der Waals surface area contributed by atoms with Crippen LogP contribution in [0.2, 0.25) is 0 Å². The van der Waals surface area contributed by atoms with Crippen molar-refractivity contribution in [3.63, 3.8) is 0 Å². The minimum atomic E-state index is 0.786. The second kappa shape index (κ2) is 4.73. The number of likely N-dealkylation sites (tertiary alicyclic amines) is 1. The molecule has 2 heteroatoms. The molecular formula is C9H19NO. The summed E-state index contributed by atoms with van der Waals surface area (Å²) in [6, 6.07) is 0. The van der Waals surface area contributed by atoms with Crippen molar-refractivity contribution in [2.75, 3.05) is 33.4 Å². The van der Waals surface area contributed by atoms with E-state index in [9.17, 15) is 0 Å². The maximum absolute atomic E-state index is 5.39. The van der Waals surface area contributed by atoms with Crippen molar-refractivity contribution in [2.24, 2.45) is 5.92 Å². The molecule has 0 spiro atoms. The molecule has 0 aliphatic carbocycles. The van der Waals surface area contributed by atoms with Gasteiger partial charge in [0.25, 0.3) is 0 Å². The molecule has 0 aromatic rings. The summed E-state index contributed by atoms with van der Waals surface area (Å²) in [4.78, 5) is 2.40. The molecule has 11 heavy (non-hydrogen) atoms. The van der Waals surface area contributed by atoms with Crippen LogP contribution in [0.15, 0.2) is 0 Å². The van der Waals surface area contributed by atoms with E-state index in [1.54, 1.807) is 0 Å². The Hall–Kier alpha value is -0.0800. The monoisotopic (exact) mass is 157 g/mol. The molecule has 1 fully saturated rings. The Bertz CT molecular complexity index is 106. The summed E-state index contributed by atoms with van der Waals surface area (Å²) in [5, 5.41) is 0. The average Bonchev–Trinajstić information content (AvgIpc) is 2.01. The summed E-state index contributed by atoms with van der Waals surface area (Å²) < 4.78 is 5.39. The Labute approximate surface area is 69.5 Å². The predicted molar refractivity (Wildman–Crippen MR) is 46.7 cm³/mol. The average molecular weight is 157 g/mol. The number of piperidine rings is 1. The van der Waals surface area contributed by atoms with E-state index in [0.717, 1.165) is 19.1 Å². The van der Waals surface area contributed by atoms with Gasteiger partial charge in [-0.3, -0.25) is 0 Å². The third-order valence-corrected chi connectivity index (χ3v) is 2.28. The van der Waals surface area contributed by atoms with Crippen molar-refractivity contribution >= 4 is 0 Å². The molecule has 0 bridgehead atoms. The topological polar surface area (TPSA) is 12.5 Å². The second-order valence-electron chi connectivity index (χ2n) is 3.43. The number of ether oxygens (including phenoxy) is 1. The molecule has 1 aliphatic heterocycles. The van der Waals surface area contributed by atoms with E-state index in [1.165, 1.54) is 25.9 Å². The fraction of sp³-hybridized carbons (Fsp3) is 1.00. The lowest BCUT2D eigenvalue weighted by atomic mass is 10.00. The Morgan fingerprint density at radius 1 is 1.55 bits per heavy atom. The SMILES string of the molecule is CCOC[C@@H]1CCCN(C)C1. The van der Waals surface area contributed by atoms with E-state index >= 15 is 0 Å². The van der Waals surface area contributed by atoms with Crippen LogP contribution in [0.4, 0.5) is 0 Å². The number of rotatable bonds is 3. The Kier molecular flexibility index (Phi) is 3.87. The maximum atomic E-state index is 5.39. The number of hydrogen-bond donors (Lipinski definition) is 0. The van der Waals surface area contributed by atoms with Gasteiger partial charge in [-0.2, -0.15) is 0 Å². The van der Waals surface area contributed by atoms with Crippen LogP contribution in [0, 0.1) is 5.92 Å². The van der Waals surface area contributed by atoms with Crippen LogP contribution in [0.25, 0.3) is 0 Å². The highest BCUT2D eigenvalue weighted by Gasteiger charge is 2.16. The molecule has 0 aromatic carbocycles. The van der Waals surface area contributed by atoms with Gasteiger partial charge in [-0.15, -0.1) is 0 Å². The summed E-state index contributed by atoms with van der Waals surface area (Å²) >= 11 is 0. The standard InChI is InChI=1S/C9H19NO/c1-3-11-8-9-5-4-6-10(2)7-9/h9H,3-8H2,1-2H3/t9-/m1/s1. The fourth-order valence-corrected chi connectivity index (χ4v) is 1.69. The predicted octanol–water partition coefficient (Wildman–Crippen LogP) is 1.36. The summed E-state index contributed by atoms with van der Waals surface area (Å²) in [7, 11) is 2.19. The van der Waals surface area contributed by atoms with E-state index in [0.29, 0.717) is 0 Å². The third kappa shape index (κ3) is 3.21. The van der Waals surface area contributed by atoms with Gasteiger partial charge in [0.05, 0.1) is 6.61 Å². The van der Waals surface area contributed by atoms with Crippen LogP contribution < -0.4 is 0 Å². The Morgan fingerprint density at radius 2 is 2.36 bits per heavy atom. The van der Waals surface area contributed by atoms with Crippen molar-refractivity contribution in [1.29, 1.82) is 0 Å². The van der Waals surface area contributed by atoms with Gasteiger partial charge in [0.2, 0.25) is 0 Å². The largest absolute Gasteiger partial charge is 0.381 e. The van der Waals surface area contributed by atoms with Gasteiger partial charge < -0.3 is 9.64 Å². The first kappa shape index (κ1) is 9.01. The molecule has 0 amide bonds. The van der Waals surface area contributed by atoms with Crippen LogP contribution in [-0.4, -0.2) is 38.3 Å². The molecule has 1 rings (SSSR count). The lowest BCUT2D eigenvalue weighted by molar-refractivity contribution is 0.0749. The smallest absolute Gasteiger partial charge is 0.0506 e. The van der Waals surface area contributed by atoms with Crippen molar-refractivity contribution in [2.45, 2.75) is 19.8 Å². The van der Waals surface area contributed by atoms with Gasteiger partial charge in [-0.1, -0.05) is 0 Å². The molecule has 0 aromatic heterocycles. The second-order valence-corrected chi connectivity index (χ2v) is 3.43. The van der Waals surface area contributed by atoms with E-state index in [-0.39, 0.29) is 0 Å². The van der Waals surface area contributed by atoms with Crippen LogP contribution in [0.3, 0.4) is 0 Å². The zero-order valence-corrected chi connectivity index (χ0v) is 7.68. The molecule has 1 saturated heterocycles. The van der Waals surface area contributed by atoms with Crippen molar-refractivity contribution in [3.8, 4) is 0 Å². The highest BCUT2D eigenvalue weighted by molar-refractivity contribution is 4.69.